The minimum atomic E-state index is 0.351. The lowest BCUT2D eigenvalue weighted by Crippen LogP contribution is -2.56. The molecule has 1 rings (SSSR count). The van der Waals surface area contributed by atoms with Crippen molar-refractivity contribution in [2.45, 2.75) is 33.7 Å². The smallest absolute Gasteiger partial charge is 0.0593 e. The van der Waals surface area contributed by atoms with E-state index in [0.29, 0.717) is 11.5 Å². The van der Waals surface area contributed by atoms with E-state index in [2.05, 4.69) is 37.9 Å². The Labute approximate surface area is 94.2 Å². The molecule has 0 aromatic heterocycles. The molecule has 3 heteroatoms. The number of ether oxygens (including phenoxy) is 1. The highest BCUT2D eigenvalue weighted by molar-refractivity contribution is 4.87. The summed E-state index contributed by atoms with van der Waals surface area (Å²) < 4.78 is 5.40. The molecular formula is C12H26N2O. The molecule has 0 aromatic carbocycles. The highest BCUT2D eigenvalue weighted by Gasteiger charge is 2.28. The Balaban J connectivity index is 2.29. The normalized spacial score (nSPS) is 24.4. The van der Waals surface area contributed by atoms with Gasteiger partial charge >= 0.3 is 0 Å². The Morgan fingerprint density at radius 2 is 2.13 bits per heavy atom. The van der Waals surface area contributed by atoms with Gasteiger partial charge in [-0.15, -0.1) is 0 Å². The third-order valence-corrected chi connectivity index (χ3v) is 3.06. The molecule has 1 atom stereocenters. The van der Waals surface area contributed by atoms with E-state index in [0.717, 1.165) is 39.4 Å². The second-order valence-corrected chi connectivity index (χ2v) is 5.37. The zero-order valence-corrected chi connectivity index (χ0v) is 10.7. The van der Waals surface area contributed by atoms with Gasteiger partial charge in [0.25, 0.3) is 0 Å². The Bertz CT molecular complexity index is 177. The van der Waals surface area contributed by atoms with Crippen LogP contribution in [0, 0.1) is 5.41 Å². The van der Waals surface area contributed by atoms with Crippen LogP contribution in [0.15, 0.2) is 0 Å². The molecule has 1 fully saturated rings. The fourth-order valence-electron chi connectivity index (χ4n) is 1.93. The van der Waals surface area contributed by atoms with Crippen LogP contribution in [0.25, 0.3) is 0 Å². The maximum atomic E-state index is 5.40. The largest absolute Gasteiger partial charge is 0.380 e. The van der Waals surface area contributed by atoms with E-state index in [1.54, 1.807) is 0 Å². The first-order chi connectivity index (χ1) is 7.04. The zero-order chi connectivity index (χ0) is 11.3. The van der Waals surface area contributed by atoms with Gasteiger partial charge in [0.1, 0.15) is 0 Å². The fraction of sp³-hybridized carbons (Fsp3) is 1.00. The molecule has 3 nitrogen and oxygen atoms in total. The number of piperazine rings is 1. The molecule has 1 aliphatic heterocycles. The van der Waals surface area contributed by atoms with Gasteiger partial charge in [0.05, 0.1) is 6.61 Å². The summed E-state index contributed by atoms with van der Waals surface area (Å²) in [4.78, 5) is 2.50. The van der Waals surface area contributed by atoms with Crippen molar-refractivity contribution in [3.05, 3.63) is 0 Å². The van der Waals surface area contributed by atoms with Crippen LogP contribution < -0.4 is 5.32 Å². The molecule has 15 heavy (non-hydrogen) atoms. The summed E-state index contributed by atoms with van der Waals surface area (Å²) in [5.41, 5.74) is 0.351. The molecule has 0 saturated carbocycles. The highest BCUT2D eigenvalue weighted by Crippen LogP contribution is 2.21. The molecule has 1 heterocycles. The van der Waals surface area contributed by atoms with Gasteiger partial charge in [0.2, 0.25) is 0 Å². The summed E-state index contributed by atoms with van der Waals surface area (Å²) in [6.07, 6.45) is 0. The molecule has 1 saturated heterocycles. The monoisotopic (exact) mass is 214 g/mol. The first-order valence-corrected chi connectivity index (χ1v) is 6.07. The van der Waals surface area contributed by atoms with Crippen LogP contribution in [0.2, 0.25) is 0 Å². The maximum absolute atomic E-state index is 5.40. The summed E-state index contributed by atoms with van der Waals surface area (Å²) in [5.74, 6) is 0. The van der Waals surface area contributed by atoms with E-state index >= 15 is 0 Å². The lowest BCUT2D eigenvalue weighted by atomic mass is 9.85. The molecule has 1 unspecified atom stereocenters. The summed E-state index contributed by atoms with van der Waals surface area (Å²) >= 11 is 0. The molecule has 0 amide bonds. The van der Waals surface area contributed by atoms with Crippen molar-refractivity contribution >= 4 is 0 Å². The predicted molar refractivity (Wildman–Crippen MR) is 64.2 cm³/mol. The molecule has 0 bridgehead atoms. The SMILES string of the molecule is CCOCCN1CCNC(C(C)(C)C)C1. The number of nitrogens with zero attached hydrogens (tertiary/aromatic N) is 1. The topological polar surface area (TPSA) is 24.5 Å². The average molecular weight is 214 g/mol. The van der Waals surface area contributed by atoms with E-state index in [9.17, 15) is 0 Å². The third-order valence-electron chi connectivity index (χ3n) is 3.06. The van der Waals surface area contributed by atoms with Crippen LogP contribution >= 0.6 is 0 Å². The van der Waals surface area contributed by atoms with E-state index in [1.807, 2.05) is 0 Å². The van der Waals surface area contributed by atoms with Crippen LogP contribution in [0.3, 0.4) is 0 Å². The van der Waals surface area contributed by atoms with Crippen molar-refractivity contribution in [2.24, 2.45) is 5.41 Å². The molecular weight excluding hydrogens is 188 g/mol. The van der Waals surface area contributed by atoms with E-state index < -0.39 is 0 Å². The maximum Gasteiger partial charge on any atom is 0.0593 e. The first kappa shape index (κ1) is 12.9. The lowest BCUT2D eigenvalue weighted by Gasteiger charge is -2.40. The van der Waals surface area contributed by atoms with E-state index in [4.69, 9.17) is 4.74 Å². The predicted octanol–water partition coefficient (Wildman–Crippen LogP) is 1.34. The molecule has 0 radical (unpaired) electrons. The van der Waals surface area contributed by atoms with E-state index in [-0.39, 0.29) is 0 Å². The van der Waals surface area contributed by atoms with Gasteiger partial charge in [-0.2, -0.15) is 0 Å². The zero-order valence-electron chi connectivity index (χ0n) is 10.7. The number of rotatable bonds is 4. The van der Waals surface area contributed by atoms with Crippen LogP contribution in [0.1, 0.15) is 27.7 Å². The van der Waals surface area contributed by atoms with Crippen molar-refractivity contribution in [3.8, 4) is 0 Å². The molecule has 0 aromatic rings. The lowest BCUT2D eigenvalue weighted by molar-refractivity contribution is 0.0817. The molecule has 90 valence electrons. The van der Waals surface area contributed by atoms with Crippen LogP contribution in [-0.4, -0.2) is 50.3 Å². The molecule has 1 N–H and O–H groups in total. The van der Waals surface area contributed by atoms with Crippen molar-refractivity contribution in [1.29, 1.82) is 0 Å². The summed E-state index contributed by atoms with van der Waals surface area (Å²) in [5, 5.41) is 3.60. The molecule has 0 spiro atoms. The van der Waals surface area contributed by atoms with Crippen LogP contribution in [0.4, 0.5) is 0 Å². The van der Waals surface area contributed by atoms with Crippen LogP contribution in [-0.2, 0) is 4.74 Å². The molecule has 1 aliphatic rings. The van der Waals surface area contributed by atoms with Crippen molar-refractivity contribution < 1.29 is 4.74 Å². The standard InChI is InChI=1S/C12H26N2O/c1-5-15-9-8-14-7-6-13-11(10-14)12(2,3)4/h11,13H,5-10H2,1-4H3. The summed E-state index contributed by atoms with van der Waals surface area (Å²) in [6, 6.07) is 0.605. The number of hydrogen-bond acceptors (Lipinski definition) is 3. The van der Waals surface area contributed by atoms with Gasteiger partial charge in [-0.05, 0) is 12.3 Å². The van der Waals surface area contributed by atoms with Gasteiger partial charge in [-0.3, -0.25) is 4.90 Å². The van der Waals surface area contributed by atoms with Crippen LogP contribution in [0.5, 0.6) is 0 Å². The Hall–Kier alpha value is -0.120. The second kappa shape index (κ2) is 5.83. The number of nitrogens with one attached hydrogen (secondary N) is 1. The fourth-order valence-corrected chi connectivity index (χ4v) is 1.93. The minimum absolute atomic E-state index is 0.351. The highest BCUT2D eigenvalue weighted by atomic mass is 16.5. The summed E-state index contributed by atoms with van der Waals surface area (Å²) in [6.45, 7) is 15.1. The quantitative estimate of drug-likeness (QED) is 0.715. The van der Waals surface area contributed by atoms with Crippen molar-refractivity contribution in [1.82, 2.24) is 10.2 Å². The third kappa shape index (κ3) is 4.49. The first-order valence-electron chi connectivity index (χ1n) is 6.07. The average Bonchev–Trinajstić information content (AvgIpc) is 2.17. The van der Waals surface area contributed by atoms with Gasteiger partial charge in [-0.25, -0.2) is 0 Å². The Morgan fingerprint density at radius 1 is 1.40 bits per heavy atom. The summed E-state index contributed by atoms with van der Waals surface area (Å²) in [7, 11) is 0. The second-order valence-electron chi connectivity index (χ2n) is 5.37. The van der Waals surface area contributed by atoms with E-state index in [1.165, 1.54) is 0 Å². The minimum Gasteiger partial charge on any atom is -0.380 e. The Morgan fingerprint density at radius 3 is 2.73 bits per heavy atom. The number of hydrogen-bond donors (Lipinski definition) is 1. The van der Waals surface area contributed by atoms with Gasteiger partial charge in [0, 0.05) is 38.8 Å². The molecule has 0 aliphatic carbocycles. The van der Waals surface area contributed by atoms with Gasteiger partial charge in [0.15, 0.2) is 0 Å². The van der Waals surface area contributed by atoms with Gasteiger partial charge in [-0.1, -0.05) is 20.8 Å². The van der Waals surface area contributed by atoms with Crippen molar-refractivity contribution in [3.63, 3.8) is 0 Å². The van der Waals surface area contributed by atoms with Crippen molar-refractivity contribution in [2.75, 3.05) is 39.4 Å². The Kier molecular flexibility index (Phi) is 5.03. The van der Waals surface area contributed by atoms with Gasteiger partial charge < -0.3 is 10.1 Å².